The summed E-state index contributed by atoms with van der Waals surface area (Å²) < 4.78 is 6.64. The van der Waals surface area contributed by atoms with Gasteiger partial charge in [0, 0.05) is 25.5 Å². The van der Waals surface area contributed by atoms with Gasteiger partial charge in [-0.2, -0.15) is 0 Å². The molecule has 3 unspecified atom stereocenters. The SMILES string of the molecule is CC(C)(C)C1C(Sc2ccccc2)=CC2(Sc3ccccc3)OC=C(Sc3ccccc3)C12. The summed E-state index contributed by atoms with van der Waals surface area (Å²) in [6.45, 7) is 7.09. The van der Waals surface area contributed by atoms with Gasteiger partial charge in [-0.3, -0.25) is 0 Å². The van der Waals surface area contributed by atoms with Crippen LogP contribution in [0.25, 0.3) is 0 Å². The first kappa shape index (κ1) is 22.8. The third-order valence-electron chi connectivity index (χ3n) is 5.99. The van der Waals surface area contributed by atoms with Gasteiger partial charge in [0.05, 0.1) is 12.2 Å². The lowest BCUT2D eigenvalue weighted by Gasteiger charge is -2.38. The number of benzene rings is 3. The molecule has 0 aromatic heterocycles. The Balaban J connectivity index is 1.56. The third kappa shape index (κ3) is 4.80. The minimum absolute atomic E-state index is 0.0846. The fourth-order valence-electron chi connectivity index (χ4n) is 4.61. The summed E-state index contributed by atoms with van der Waals surface area (Å²) in [5, 5.41) is 0. The van der Waals surface area contributed by atoms with Gasteiger partial charge in [0.2, 0.25) is 0 Å². The van der Waals surface area contributed by atoms with E-state index in [1.165, 1.54) is 24.5 Å². The van der Waals surface area contributed by atoms with Gasteiger partial charge in [0.15, 0.2) is 4.93 Å². The molecular formula is C29H28OS3. The zero-order chi connectivity index (χ0) is 22.9. The predicted molar refractivity (Wildman–Crippen MR) is 143 cm³/mol. The molecule has 5 rings (SSSR count). The number of ether oxygens (including phenoxy) is 1. The van der Waals surface area contributed by atoms with E-state index < -0.39 is 4.93 Å². The van der Waals surface area contributed by atoms with Crippen molar-refractivity contribution in [1.82, 2.24) is 0 Å². The predicted octanol–water partition coefficient (Wildman–Crippen LogP) is 9.11. The molecule has 3 aromatic rings. The molecule has 3 atom stereocenters. The van der Waals surface area contributed by atoms with Crippen molar-refractivity contribution in [3.05, 3.63) is 113 Å². The summed E-state index contributed by atoms with van der Waals surface area (Å²) in [6, 6.07) is 32.0. The highest BCUT2D eigenvalue weighted by Crippen LogP contribution is 2.65. The van der Waals surface area contributed by atoms with E-state index in [1.807, 2.05) is 41.5 Å². The molecule has 1 aliphatic heterocycles. The molecule has 0 saturated carbocycles. The average Bonchev–Trinajstić information content (AvgIpc) is 3.29. The molecule has 1 heterocycles. The van der Waals surface area contributed by atoms with Gasteiger partial charge in [0.1, 0.15) is 0 Å². The molecule has 4 heteroatoms. The fraction of sp³-hybridized carbons (Fsp3) is 0.241. The van der Waals surface area contributed by atoms with Crippen molar-refractivity contribution >= 4 is 35.3 Å². The molecule has 0 amide bonds. The van der Waals surface area contributed by atoms with Crippen molar-refractivity contribution in [3.8, 4) is 0 Å². The van der Waals surface area contributed by atoms with E-state index in [2.05, 4.69) is 118 Å². The molecule has 168 valence electrons. The van der Waals surface area contributed by atoms with Crippen LogP contribution in [0, 0.1) is 17.3 Å². The van der Waals surface area contributed by atoms with Crippen molar-refractivity contribution in [2.75, 3.05) is 0 Å². The highest BCUT2D eigenvalue weighted by molar-refractivity contribution is 8.04. The molecule has 0 radical (unpaired) electrons. The fourth-order valence-corrected chi connectivity index (χ4v) is 8.61. The van der Waals surface area contributed by atoms with Crippen LogP contribution in [0.5, 0.6) is 0 Å². The Hall–Kier alpha value is -2.01. The molecule has 1 aliphatic carbocycles. The van der Waals surface area contributed by atoms with Crippen molar-refractivity contribution < 1.29 is 4.74 Å². The molecule has 33 heavy (non-hydrogen) atoms. The summed E-state index contributed by atoms with van der Waals surface area (Å²) in [4.78, 5) is 6.04. The van der Waals surface area contributed by atoms with E-state index in [9.17, 15) is 0 Å². The van der Waals surface area contributed by atoms with E-state index in [0.717, 1.165) is 0 Å². The first-order valence-corrected chi connectivity index (χ1v) is 13.7. The lowest BCUT2D eigenvalue weighted by molar-refractivity contribution is 0.112. The second kappa shape index (κ2) is 9.32. The number of rotatable bonds is 6. The normalized spacial score (nSPS) is 24.1. The monoisotopic (exact) mass is 488 g/mol. The first-order chi connectivity index (χ1) is 15.9. The molecule has 2 aliphatic rings. The molecular weight excluding hydrogens is 461 g/mol. The quantitative estimate of drug-likeness (QED) is 0.342. The molecule has 0 fully saturated rings. The molecule has 0 N–H and O–H groups in total. The second-order valence-corrected chi connectivity index (χ2v) is 13.1. The van der Waals surface area contributed by atoms with E-state index in [0.29, 0.717) is 5.92 Å². The minimum atomic E-state index is -0.437. The van der Waals surface area contributed by atoms with Crippen LogP contribution >= 0.6 is 35.3 Å². The Bertz CT molecular complexity index is 1150. The zero-order valence-corrected chi connectivity index (χ0v) is 21.6. The molecule has 0 spiro atoms. The standard InChI is InChI=1S/C29H28OS3/c1-28(2,3)26-24(31-21-13-7-4-8-14-21)19-29(33-23-17-11-6-12-18-23)27(26)25(20-30-29)32-22-15-9-5-10-16-22/h4-20,26-27H,1-3H3. The average molecular weight is 489 g/mol. The lowest BCUT2D eigenvalue weighted by atomic mass is 9.74. The van der Waals surface area contributed by atoms with Gasteiger partial charge >= 0.3 is 0 Å². The zero-order valence-electron chi connectivity index (χ0n) is 19.1. The maximum absolute atomic E-state index is 6.64. The number of allylic oxidation sites excluding steroid dienone is 1. The lowest BCUT2D eigenvalue weighted by Crippen LogP contribution is -2.36. The van der Waals surface area contributed by atoms with Crippen LogP contribution in [0.1, 0.15) is 20.8 Å². The summed E-state index contributed by atoms with van der Waals surface area (Å²) in [7, 11) is 0. The summed E-state index contributed by atoms with van der Waals surface area (Å²) in [5.41, 5.74) is 0.0846. The third-order valence-corrected chi connectivity index (χ3v) is 9.50. The van der Waals surface area contributed by atoms with Gasteiger partial charge in [-0.05, 0) is 52.8 Å². The van der Waals surface area contributed by atoms with Crippen LogP contribution in [0.15, 0.2) is 128 Å². The Morgan fingerprint density at radius 1 is 0.667 bits per heavy atom. The first-order valence-electron chi connectivity index (χ1n) is 11.3. The Morgan fingerprint density at radius 3 is 1.67 bits per heavy atom. The van der Waals surface area contributed by atoms with Crippen LogP contribution in [0.2, 0.25) is 0 Å². The topological polar surface area (TPSA) is 9.23 Å². The van der Waals surface area contributed by atoms with Crippen LogP contribution in [-0.2, 0) is 4.74 Å². The molecule has 0 bridgehead atoms. The Morgan fingerprint density at radius 2 is 1.15 bits per heavy atom. The maximum Gasteiger partial charge on any atom is 0.185 e. The maximum atomic E-state index is 6.64. The number of thioether (sulfide) groups is 3. The van der Waals surface area contributed by atoms with E-state index in [-0.39, 0.29) is 11.3 Å². The summed E-state index contributed by atoms with van der Waals surface area (Å²) >= 11 is 5.58. The molecule has 1 nitrogen and oxygen atoms in total. The number of fused-ring (bicyclic) bond motifs is 1. The highest BCUT2D eigenvalue weighted by Gasteiger charge is 2.58. The van der Waals surface area contributed by atoms with Crippen LogP contribution < -0.4 is 0 Å². The Labute approximate surface area is 210 Å². The van der Waals surface area contributed by atoms with E-state index in [4.69, 9.17) is 4.74 Å². The van der Waals surface area contributed by atoms with Gasteiger partial charge in [-0.15, -0.1) is 0 Å². The van der Waals surface area contributed by atoms with Gasteiger partial charge in [0.25, 0.3) is 0 Å². The Kier molecular flexibility index (Phi) is 6.43. The second-order valence-electron chi connectivity index (χ2n) is 9.47. The van der Waals surface area contributed by atoms with Gasteiger partial charge in [-0.25, -0.2) is 0 Å². The van der Waals surface area contributed by atoms with Crippen molar-refractivity contribution in [2.24, 2.45) is 17.3 Å². The largest absolute Gasteiger partial charge is 0.478 e. The van der Waals surface area contributed by atoms with E-state index in [1.54, 1.807) is 0 Å². The number of hydrogen-bond donors (Lipinski definition) is 0. The van der Waals surface area contributed by atoms with Crippen LogP contribution in [-0.4, -0.2) is 4.93 Å². The van der Waals surface area contributed by atoms with Gasteiger partial charge in [-0.1, -0.05) is 111 Å². The number of hydrogen-bond acceptors (Lipinski definition) is 4. The molecule has 0 saturated heterocycles. The molecule has 3 aromatic carbocycles. The van der Waals surface area contributed by atoms with E-state index >= 15 is 0 Å². The van der Waals surface area contributed by atoms with Gasteiger partial charge < -0.3 is 4.74 Å². The highest BCUT2D eigenvalue weighted by atomic mass is 32.2. The van der Waals surface area contributed by atoms with Crippen molar-refractivity contribution in [1.29, 1.82) is 0 Å². The summed E-state index contributed by atoms with van der Waals surface area (Å²) in [6.07, 6.45) is 4.44. The van der Waals surface area contributed by atoms with Crippen molar-refractivity contribution in [3.63, 3.8) is 0 Å². The summed E-state index contributed by atoms with van der Waals surface area (Å²) in [5.74, 6) is 0.600. The van der Waals surface area contributed by atoms with Crippen LogP contribution in [0.3, 0.4) is 0 Å². The smallest absolute Gasteiger partial charge is 0.185 e. The minimum Gasteiger partial charge on any atom is -0.478 e. The van der Waals surface area contributed by atoms with Crippen molar-refractivity contribution in [2.45, 2.75) is 40.4 Å². The van der Waals surface area contributed by atoms with Crippen LogP contribution in [0.4, 0.5) is 0 Å².